The molecule has 6 heteroatoms. The topological polar surface area (TPSA) is 60.2 Å². The van der Waals surface area contributed by atoms with Crippen LogP contribution in [0.4, 0.5) is 0 Å². The molecular weight excluding hydrogens is 378 g/mol. The largest absolute Gasteiger partial charge is 0.503 e. The lowest BCUT2D eigenvalue weighted by molar-refractivity contribution is -0.901. The first kappa shape index (κ1) is 20.2. The normalized spacial score (nSPS) is 14.5. The molecule has 28 heavy (non-hydrogen) atoms. The number of phenolic OH excluding ortho intramolecular Hbond substituents is 1. The van der Waals surface area contributed by atoms with Crippen molar-refractivity contribution < 1.29 is 24.3 Å². The number of carbonyl (C=O) groups is 1. The van der Waals surface area contributed by atoms with Crippen LogP contribution >= 0.6 is 11.6 Å². The average Bonchev–Trinajstić information content (AvgIpc) is 3.21. The SMILES string of the molecule is COc1ccc(C(=O)/C=C/c2cc(Cl)c(O)c(OC)c2)cc1C[NH+]1CCCC1. The molecule has 0 unspecified atom stereocenters. The molecule has 0 saturated carbocycles. The van der Waals surface area contributed by atoms with Gasteiger partial charge in [0.15, 0.2) is 17.3 Å². The molecule has 1 heterocycles. The lowest BCUT2D eigenvalue weighted by Crippen LogP contribution is -3.08. The average molecular weight is 403 g/mol. The number of ether oxygens (including phenoxy) is 2. The van der Waals surface area contributed by atoms with E-state index in [2.05, 4.69) is 0 Å². The molecule has 1 aliphatic heterocycles. The maximum Gasteiger partial charge on any atom is 0.185 e. The van der Waals surface area contributed by atoms with Gasteiger partial charge in [-0.2, -0.15) is 0 Å². The van der Waals surface area contributed by atoms with Crippen LogP contribution in [0.5, 0.6) is 17.2 Å². The van der Waals surface area contributed by atoms with Gasteiger partial charge < -0.3 is 19.5 Å². The Labute approximate surface area is 170 Å². The van der Waals surface area contributed by atoms with Crippen LogP contribution in [0.25, 0.3) is 6.08 Å². The molecule has 2 aromatic rings. The molecule has 2 aromatic carbocycles. The number of phenols is 1. The second kappa shape index (κ2) is 9.13. The Balaban J connectivity index is 1.80. The molecule has 1 aliphatic rings. The Morgan fingerprint density at radius 3 is 2.54 bits per heavy atom. The van der Waals surface area contributed by atoms with Gasteiger partial charge in [-0.1, -0.05) is 17.7 Å². The summed E-state index contributed by atoms with van der Waals surface area (Å²) in [4.78, 5) is 14.2. The third kappa shape index (κ3) is 4.66. The smallest absolute Gasteiger partial charge is 0.185 e. The van der Waals surface area contributed by atoms with Crippen molar-refractivity contribution in [2.24, 2.45) is 0 Å². The van der Waals surface area contributed by atoms with Gasteiger partial charge in [0.05, 0.1) is 32.3 Å². The van der Waals surface area contributed by atoms with Gasteiger partial charge >= 0.3 is 0 Å². The van der Waals surface area contributed by atoms with E-state index in [-0.39, 0.29) is 22.3 Å². The third-order valence-electron chi connectivity index (χ3n) is 5.01. The highest BCUT2D eigenvalue weighted by Crippen LogP contribution is 2.35. The summed E-state index contributed by atoms with van der Waals surface area (Å²) in [5.74, 6) is 0.857. The number of ketones is 1. The van der Waals surface area contributed by atoms with Crippen molar-refractivity contribution in [3.8, 4) is 17.2 Å². The summed E-state index contributed by atoms with van der Waals surface area (Å²) >= 11 is 6.00. The number of likely N-dealkylation sites (tertiary alicyclic amines) is 1. The maximum absolute atomic E-state index is 12.7. The predicted octanol–water partition coefficient (Wildman–Crippen LogP) is 3.14. The van der Waals surface area contributed by atoms with E-state index >= 15 is 0 Å². The van der Waals surface area contributed by atoms with Crippen LogP contribution in [-0.2, 0) is 6.54 Å². The first-order valence-electron chi connectivity index (χ1n) is 9.31. The number of hydrogen-bond acceptors (Lipinski definition) is 4. The van der Waals surface area contributed by atoms with Gasteiger partial charge in [-0.05, 0) is 42.0 Å². The molecule has 0 atom stereocenters. The van der Waals surface area contributed by atoms with E-state index in [1.54, 1.807) is 31.4 Å². The summed E-state index contributed by atoms with van der Waals surface area (Å²) in [6.07, 6.45) is 5.65. The van der Waals surface area contributed by atoms with Crippen molar-refractivity contribution in [1.82, 2.24) is 0 Å². The van der Waals surface area contributed by atoms with Crippen LogP contribution < -0.4 is 14.4 Å². The van der Waals surface area contributed by atoms with Gasteiger partial charge in [-0.3, -0.25) is 4.79 Å². The number of nitrogens with one attached hydrogen (secondary N) is 1. The molecule has 1 fully saturated rings. The van der Waals surface area contributed by atoms with Crippen molar-refractivity contribution in [3.63, 3.8) is 0 Å². The highest BCUT2D eigenvalue weighted by molar-refractivity contribution is 6.32. The summed E-state index contributed by atoms with van der Waals surface area (Å²) in [5.41, 5.74) is 2.33. The Morgan fingerprint density at radius 2 is 1.86 bits per heavy atom. The van der Waals surface area contributed by atoms with Crippen LogP contribution in [0.1, 0.15) is 34.3 Å². The summed E-state index contributed by atoms with van der Waals surface area (Å²) in [7, 11) is 3.10. The number of halogens is 1. The third-order valence-corrected chi connectivity index (χ3v) is 5.30. The van der Waals surface area contributed by atoms with Crippen LogP contribution in [0.2, 0.25) is 5.02 Å². The molecule has 0 radical (unpaired) electrons. The summed E-state index contributed by atoms with van der Waals surface area (Å²) in [6.45, 7) is 3.17. The second-order valence-corrected chi connectivity index (χ2v) is 7.32. The van der Waals surface area contributed by atoms with Crippen molar-refractivity contribution in [2.45, 2.75) is 19.4 Å². The van der Waals surface area contributed by atoms with Gasteiger partial charge in [-0.15, -0.1) is 0 Å². The number of aromatic hydroxyl groups is 1. The fraction of sp³-hybridized carbons (Fsp3) is 0.318. The first-order valence-corrected chi connectivity index (χ1v) is 9.69. The van der Waals surface area contributed by atoms with Crippen molar-refractivity contribution in [2.75, 3.05) is 27.3 Å². The van der Waals surface area contributed by atoms with Gasteiger partial charge in [0.1, 0.15) is 12.3 Å². The van der Waals surface area contributed by atoms with Crippen LogP contribution in [0, 0.1) is 0 Å². The lowest BCUT2D eigenvalue weighted by Gasteiger charge is -2.15. The zero-order chi connectivity index (χ0) is 20.1. The molecule has 0 aliphatic carbocycles. The van der Waals surface area contributed by atoms with Crippen LogP contribution in [0.3, 0.4) is 0 Å². The van der Waals surface area contributed by atoms with E-state index in [4.69, 9.17) is 21.1 Å². The van der Waals surface area contributed by atoms with Crippen molar-refractivity contribution >= 4 is 23.5 Å². The Hall–Kier alpha value is -2.50. The molecule has 2 N–H and O–H groups in total. The van der Waals surface area contributed by atoms with E-state index in [1.165, 1.54) is 30.9 Å². The number of rotatable bonds is 7. The number of carbonyl (C=O) groups excluding carboxylic acids is 1. The fourth-order valence-electron chi connectivity index (χ4n) is 3.50. The number of hydrogen-bond donors (Lipinski definition) is 2. The minimum absolute atomic E-state index is 0.108. The standard InChI is InChI=1S/C22H24ClNO4/c1-27-20-8-6-16(13-17(20)14-24-9-3-4-10-24)19(25)7-5-15-11-18(23)22(26)21(12-15)28-2/h5-8,11-13,26H,3-4,9-10,14H2,1-2H3/p+1/b7-5+. The Morgan fingerprint density at radius 1 is 1.14 bits per heavy atom. The molecule has 0 bridgehead atoms. The van der Waals surface area contributed by atoms with E-state index in [0.29, 0.717) is 11.1 Å². The molecule has 148 valence electrons. The molecule has 3 rings (SSSR count). The molecule has 0 amide bonds. The lowest BCUT2D eigenvalue weighted by atomic mass is 10.0. The highest BCUT2D eigenvalue weighted by atomic mass is 35.5. The van der Waals surface area contributed by atoms with E-state index < -0.39 is 0 Å². The minimum Gasteiger partial charge on any atom is -0.503 e. The van der Waals surface area contributed by atoms with Crippen molar-refractivity contribution in [3.05, 3.63) is 58.1 Å². The monoisotopic (exact) mass is 402 g/mol. The molecule has 1 saturated heterocycles. The van der Waals surface area contributed by atoms with Gasteiger partial charge in [0, 0.05) is 24.0 Å². The van der Waals surface area contributed by atoms with Gasteiger partial charge in [0.25, 0.3) is 0 Å². The summed E-state index contributed by atoms with van der Waals surface area (Å²) < 4.78 is 10.6. The fourth-order valence-corrected chi connectivity index (χ4v) is 3.72. The number of allylic oxidation sites excluding steroid dienone is 1. The van der Waals surface area contributed by atoms with Gasteiger partial charge in [0.2, 0.25) is 0 Å². The Kier molecular flexibility index (Phi) is 6.60. The van der Waals surface area contributed by atoms with Crippen LogP contribution in [-0.4, -0.2) is 38.2 Å². The molecule has 0 aromatic heterocycles. The molecule has 5 nitrogen and oxygen atoms in total. The second-order valence-electron chi connectivity index (χ2n) is 6.91. The summed E-state index contributed by atoms with van der Waals surface area (Å²) in [5, 5.41) is 9.99. The van der Waals surface area contributed by atoms with Crippen molar-refractivity contribution in [1.29, 1.82) is 0 Å². The number of methoxy groups -OCH3 is 2. The Bertz CT molecular complexity index is 888. The molecular formula is C22H25ClNO4+. The molecule has 0 spiro atoms. The quantitative estimate of drug-likeness (QED) is 0.551. The maximum atomic E-state index is 12.7. The minimum atomic E-state index is -0.114. The first-order chi connectivity index (χ1) is 13.5. The summed E-state index contributed by atoms with van der Waals surface area (Å²) in [6, 6.07) is 8.76. The van der Waals surface area contributed by atoms with E-state index in [9.17, 15) is 9.90 Å². The predicted molar refractivity (Wildman–Crippen MR) is 110 cm³/mol. The van der Waals surface area contributed by atoms with E-state index in [1.807, 2.05) is 12.1 Å². The highest BCUT2D eigenvalue weighted by Gasteiger charge is 2.19. The zero-order valence-electron chi connectivity index (χ0n) is 16.1. The number of benzene rings is 2. The van der Waals surface area contributed by atoms with Gasteiger partial charge in [-0.25, -0.2) is 0 Å². The van der Waals surface area contributed by atoms with E-state index in [0.717, 1.165) is 30.9 Å². The van der Waals surface area contributed by atoms with Crippen LogP contribution in [0.15, 0.2) is 36.4 Å². The zero-order valence-corrected chi connectivity index (χ0v) is 16.9. The number of quaternary nitrogens is 1.